The average Bonchev–Trinajstić information content (AvgIpc) is 2.46. The van der Waals surface area contributed by atoms with Gasteiger partial charge < -0.3 is 10.1 Å². The monoisotopic (exact) mass is 227 g/mol. The van der Waals surface area contributed by atoms with Gasteiger partial charge in [0.2, 0.25) is 0 Å². The fraction of sp³-hybridized carbons (Fsp3) is 1.00. The molecule has 0 aliphatic carbocycles. The maximum atomic E-state index is 5.90. The van der Waals surface area contributed by atoms with Crippen LogP contribution in [0.5, 0.6) is 0 Å². The Hall–Kier alpha value is -0.0800. The van der Waals surface area contributed by atoms with Gasteiger partial charge in [-0.15, -0.1) is 0 Å². The van der Waals surface area contributed by atoms with Gasteiger partial charge in [0.25, 0.3) is 0 Å². The number of hydrogen-bond acceptors (Lipinski definition) is 2. The fourth-order valence-corrected chi connectivity index (χ4v) is 2.23. The summed E-state index contributed by atoms with van der Waals surface area (Å²) in [6.07, 6.45) is 4.58. The van der Waals surface area contributed by atoms with Crippen molar-refractivity contribution in [2.24, 2.45) is 5.41 Å². The first-order valence-electron chi connectivity index (χ1n) is 6.58. The Morgan fingerprint density at radius 2 is 1.75 bits per heavy atom. The summed E-state index contributed by atoms with van der Waals surface area (Å²) in [5.41, 5.74) is 0.531. The molecule has 1 saturated heterocycles. The van der Waals surface area contributed by atoms with Crippen LogP contribution in [0.25, 0.3) is 0 Å². The quantitative estimate of drug-likeness (QED) is 0.795. The molecule has 2 nitrogen and oxygen atoms in total. The smallest absolute Gasteiger partial charge is 0.0585 e. The Labute approximate surface area is 101 Å². The van der Waals surface area contributed by atoms with Gasteiger partial charge in [-0.3, -0.25) is 0 Å². The predicted octanol–water partition coefficient (Wildman–Crippen LogP) is 3.36. The molecule has 1 N–H and O–H groups in total. The van der Waals surface area contributed by atoms with E-state index in [1.54, 1.807) is 0 Å². The van der Waals surface area contributed by atoms with Crippen molar-refractivity contribution in [3.63, 3.8) is 0 Å². The van der Waals surface area contributed by atoms with Crippen LogP contribution in [0.1, 0.15) is 60.8 Å². The van der Waals surface area contributed by atoms with Gasteiger partial charge in [0.1, 0.15) is 0 Å². The molecule has 0 spiro atoms. The van der Waals surface area contributed by atoms with Gasteiger partial charge in [0, 0.05) is 12.1 Å². The van der Waals surface area contributed by atoms with E-state index in [2.05, 4.69) is 46.9 Å². The topological polar surface area (TPSA) is 21.3 Å². The van der Waals surface area contributed by atoms with Crippen molar-refractivity contribution in [3.05, 3.63) is 0 Å². The Morgan fingerprint density at radius 1 is 1.12 bits per heavy atom. The van der Waals surface area contributed by atoms with Crippen LogP contribution < -0.4 is 5.32 Å². The number of nitrogens with one attached hydrogen (secondary N) is 1. The van der Waals surface area contributed by atoms with E-state index >= 15 is 0 Å². The van der Waals surface area contributed by atoms with Crippen LogP contribution >= 0.6 is 0 Å². The van der Waals surface area contributed by atoms with Crippen molar-refractivity contribution in [1.29, 1.82) is 0 Å². The molecule has 0 amide bonds. The minimum absolute atomic E-state index is 0.209. The van der Waals surface area contributed by atoms with Crippen LogP contribution in [0, 0.1) is 5.41 Å². The molecule has 2 atom stereocenters. The van der Waals surface area contributed by atoms with Crippen molar-refractivity contribution in [2.45, 2.75) is 78.6 Å². The van der Waals surface area contributed by atoms with Gasteiger partial charge in [-0.05, 0) is 52.4 Å². The number of rotatable bonds is 4. The van der Waals surface area contributed by atoms with E-state index in [0.29, 0.717) is 17.6 Å². The average molecular weight is 227 g/mol. The predicted molar refractivity (Wildman–Crippen MR) is 69.7 cm³/mol. The third kappa shape index (κ3) is 5.31. The van der Waals surface area contributed by atoms with Crippen LogP contribution in [0.3, 0.4) is 0 Å². The lowest BCUT2D eigenvalue weighted by Crippen LogP contribution is -2.42. The zero-order valence-electron chi connectivity index (χ0n) is 11.9. The summed E-state index contributed by atoms with van der Waals surface area (Å²) in [4.78, 5) is 0. The molecule has 0 bridgehead atoms. The lowest BCUT2D eigenvalue weighted by molar-refractivity contribution is 0.0275. The molecule has 0 radical (unpaired) electrons. The van der Waals surface area contributed by atoms with Gasteiger partial charge in [-0.25, -0.2) is 0 Å². The van der Waals surface area contributed by atoms with Crippen molar-refractivity contribution >= 4 is 0 Å². The summed E-state index contributed by atoms with van der Waals surface area (Å²) in [6.45, 7) is 14.6. The minimum atomic E-state index is 0.209. The van der Waals surface area contributed by atoms with Crippen molar-refractivity contribution < 1.29 is 4.74 Å². The van der Waals surface area contributed by atoms with Gasteiger partial charge in [-0.1, -0.05) is 13.8 Å². The van der Waals surface area contributed by atoms with Gasteiger partial charge in [-0.2, -0.15) is 0 Å². The van der Waals surface area contributed by atoms with E-state index in [0.717, 1.165) is 6.54 Å². The minimum Gasteiger partial charge on any atom is -0.375 e. The largest absolute Gasteiger partial charge is 0.375 e. The molecule has 2 unspecified atom stereocenters. The van der Waals surface area contributed by atoms with Crippen LogP contribution in [0.4, 0.5) is 0 Å². The second-order valence-electron chi connectivity index (χ2n) is 7.12. The maximum Gasteiger partial charge on any atom is 0.0585 e. The third-order valence-corrected chi connectivity index (χ3v) is 3.20. The summed E-state index contributed by atoms with van der Waals surface area (Å²) in [7, 11) is 0. The highest BCUT2D eigenvalue weighted by molar-refractivity contribution is 4.83. The summed E-state index contributed by atoms with van der Waals surface area (Å²) < 4.78 is 5.90. The van der Waals surface area contributed by atoms with Crippen molar-refractivity contribution in [3.8, 4) is 0 Å². The lowest BCUT2D eigenvalue weighted by Gasteiger charge is -2.32. The molecule has 1 aliphatic rings. The van der Waals surface area contributed by atoms with E-state index in [9.17, 15) is 0 Å². The Bertz CT molecular complexity index is 217. The Kier molecular flexibility index (Phi) is 4.42. The lowest BCUT2D eigenvalue weighted by atomic mass is 9.85. The summed E-state index contributed by atoms with van der Waals surface area (Å²) >= 11 is 0. The molecule has 16 heavy (non-hydrogen) atoms. The second-order valence-corrected chi connectivity index (χ2v) is 7.12. The second kappa shape index (κ2) is 5.05. The van der Waals surface area contributed by atoms with Crippen LogP contribution in [0.15, 0.2) is 0 Å². The highest BCUT2D eigenvalue weighted by atomic mass is 16.5. The standard InChI is InChI=1S/C14H29NO/c1-11-7-8-12(16-11)9-14(5,6)10-15-13(2,3)4/h11-12,15H,7-10H2,1-6H3. The molecule has 0 saturated carbocycles. The van der Waals surface area contributed by atoms with Gasteiger partial charge in [0.05, 0.1) is 12.2 Å². The zero-order chi connectivity index (χ0) is 12.4. The molecular weight excluding hydrogens is 198 g/mol. The molecular formula is C14H29NO. The first-order valence-corrected chi connectivity index (χ1v) is 6.58. The number of hydrogen-bond donors (Lipinski definition) is 1. The normalized spacial score (nSPS) is 27.4. The Morgan fingerprint density at radius 3 is 2.19 bits per heavy atom. The highest BCUT2D eigenvalue weighted by Gasteiger charge is 2.29. The van der Waals surface area contributed by atoms with E-state index in [1.165, 1.54) is 19.3 Å². The molecule has 96 valence electrons. The molecule has 1 rings (SSSR count). The molecule has 0 aromatic rings. The first kappa shape index (κ1) is 14.0. The first-order chi connectivity index (χ1) is 7.18. The summed E-state index contributed by atoms with van der Waals surface area (Å²) in [5.74, 6) is 0. The van der Waals surface area contributed by atoms with Gasteiger partial charge >= 0.3 is 0 Å². The van der Waals surface area contributed by atoms with E-state index in [1.807, 2.05) is 0 Å². The van der Waals surface area contributed by atoms with Crippen LogP contribution in [-0.4, -0.2) is 24.3 Å². The molecule has 1 heterocycles. The Balaban J connectivity index is 2.33. The maximum absolute atomic E-state index is 5.90. The molecule has 2 heteroatoms. The zero-order valence-corrected chi connectivity index (χ0v) is 11.9. The third-order valence-electron chi connectivity index (χ3n) is 3.20. The SMILES string of the molecule is CC1CCC(CC(C)(C)CNC(C)(C)C)O1. The molecule has 1 fully saturated rings. The molecule has 1 aliphatic heterocycles. The fourth-order valence-electron chi connectivity index (χ4n) is 2.23. The van der Waals surface area contributed by atoms with Crippen LogP contribution in [-0.2, 0) is 4.74 Å². The van der Waals surface area contributed by atoms with Crippen LogP contribution in [0.2, 0.25) is 0 Å². The van der Waals surface area contributed by atoms with Crippen molar-refractivity contribution in [2.75, 3.05) is 6.54 Å². The van der Waals surface area contributed by atoms with Crippen molar-refractivity contribution in [1.82, 2.24) is 5.32 Å². The van der Waals surface area contributed by atoms with E-state index < -0.39 is 0 Å². The summed E-state index contributed by atoms with van der Waals surface area (Å²) in [5, 5.41) is 3.59. The number of ether oxygens (including phenoxy) is 1. The summed E-state index contributed by atoms with van der Waals surface area (Å²) in [6, 6.07) is 0. The van der Waals surface area contributed by atoms with E-state index in [4.69, 9.17) is 4.74 Å². The molecule has 0 aromatic carbocycles. The van der Waals surface area contributed by atoms with E-state index in [-0.39, 0.29) is 5.54 Å². The molecule has 0 aromatic heterocycles. The van der Waals surface area contributed by atoms with Gasteiger partial charge in [0.15, 0.2) is 0 Å². The highest BCUT2D eigenvalue weighted by Crippen LogP contribution is 2.30.